The number of halogens is 1. The lowest BCUT2D eigenvalue weighted by molar-refractivity contribution is -0.148. The van der Waals surface area contributed by atoms with Gasteiger partial charge in [0.2, 0.25) is 0 Å². The zero-order valence-corrected chi connectivity index (χ0v) is 13.3. The van der Waals surface area contributed by atoms with Crippen LogP contribution in [0.4, 0.5) is 5.69 Å². The van der Waals surface area contributed by atoms with E-state index in [1.54, 1.807) is 24.3 Å². The molecule has 0 fully saturated rings. The molecule has 0 bridgehead atoms. The third-order valence-corrected chi connectivity index (χ3v) is 3.40. The van der Waals surface area contributed by atoms with Crippen molar-refractivity contribution in [1.82, 2.24) is 9.55 Å². The van der Waals surface area contributed by atoms with Crippen LogP contribution in [-0.4, -0.2) is 28.0 Å². The summed E-state index contributed by atoms with van der Waals surface area (Å²) in [6, 6.07) is 8.08. The molecule has 1 heterocycles. The Kier molecular flexibility index (Phi) is 5.47. The number of anilines is 1. The van der Waals surface area contributed by atoms with Crippen LogP contribution >= 0.6 is 15.9 Å². The molecule has 1 aromatic carbocycles. The molecule has 9 heteroatoms. The fourth-order valence-electron chi connectivity index (χ4n) is 1.65. The van der Waals surface area contributed by atoms with Gasteiger partial charge in [-0.1, -0.05) is 12.1 Å². The van der Waals surface area contributed by atoms with Crippen molar-refractivity contribution in [3.8, 4) is 0 Å². The normalized spacial score (nSPS) is 10.1. The minimum Gasteiger partial charge on any atom is -0.454 e. The van der Waals surface area contributed by atoms with Gasteiger partial charge >= 0.3 is 11.7 Å². The molecule has 0 aliphatic heterocycles. The summed E-state index contributed by atoms with van der Waals surface area (Å²) < 4.78 is 6.45. The predicted molar refractivity (Wildman–Crippen MR) is 85.1 cm³/mol. The molecule has 1 aromatic heterocycles. The fourth-order valence-corrected chi connectivity index (χ4v) is 2.03. The third-order valence-electron chi connectivity index (χ3n) is 2.71. The Labute approximate surface area is 138 Å². The summed E-state index contributed by atoms with van der Waals surface area (Å²) in [5.74, 6) is -1.29. The number of para-hydroxylation sites is 1. The lowest BCUT2D eigenvalue weighted by Gasteiger charge is -2.08. The van der Waals surface area contributed by atoms with Gasteiger partial charge in [-0.05, 0) is 28.1 Å². The Morgan fingerprint density at radius 2 is 1.96 bits per heavy atom. The smallest absolute Gasteiger partial charge is 0.328 e. The Morgan fingerprint density at radius 3 is 2.65 bits per heavy atom. The van der Waals surface area contributed by atoms with Crippen molar-refractivity contribution in [1.29, 1.82) is 0 Å². The second kappa shape index (κ2) is 7.54. The maximum absolute atomic E-state index is 11.7. The van der Waals surface area contributed by atoms with Gasteiger partial charge in [-0.25, -0.2) is 4.79 Å². The molecule has 0 aliphatic rings. The van der Waals surface area contributed by atoms with Gasteiger partial charge in [-0.15, -0.1) is 0 Å². The number of benzene rings is 1. The van der Waals surface area contributed by atoms with Crippen LogP contribution in [0.2, 0.25) is 0 Å². The predicted octanol–water partition coefficient (Wildman–Crippen LogP) is 0.481. The van der Waals surface area contributed by atoms with Gasteiger partial charge < -0.3 is 10.1 Å². The van der Waals surface area contributed by atoms with Crippen molar-refractivity contribution in [3.05, 3.63) is 61.8 Å². The van der Waals surface area contributed by atoms with Gasteiger partial charge in [-0.2, -0.15) is 0 Å². The highest BCUT2D eigenvalue weighted by Gasteiger charge is 2.10. The molecule has 2 N–H and O–H groups in total. The van der Waals surface area contributed by atoms with Gasteiger partial charge in [0, 0.05) is 16.7 Å². The number of ether oxygens (including phenoxy) is 1. The summed E-state index contributed by atoms with van der Waals surface area (Å²) in [7, 11) is 0. The molecular formula is C14H12BrN3O5. The molecule has 0 saturated carbocycles. The van der Waals surface area contributed by atoms with Crippen molar-refractivity contribution in [2.24, 2.45) is 0 Å². The van der Waals surface area contributed by atoms with Crippen molar-refractivity contribution in [2.45, 2.75) is 6.54 Å². The Bertz CT molecular complexity index is 843. The van der Waals surface area contributed by atoms with E-state index in [-0.39, 0.29) is 0 Å². The molecule has 0 unspecified atom stereocenters. The lowest BCUT2D eigenvalue weighted by atomic mass is 10.3. The number of esters is 1. The van der Waals surface area contributed by atoms with Gasteiger partial charge in [0.25, 0.3) is 11.5 Å². The Balaban J connectivity index is 1.87. The van der Waals surface area contributed by atoms with Gasteiger partial charge in [0.1, 0.15) is 6.54 Å². The first kappa shape index (κ1) is 16.7. The van der Waals surface area contributed by atoms with Crippen LogP contribution in [0.1, 0.15) is 0 Å². The fraction of sp³-hybridized carbons (Fsp3) is 0.143. The minimum atomic E-state index is -0.776. The van der Waals surface area contributed by atoms with Crippen molar-refractivity contribution in [3.63, 3.8) is 0 Å². The lowest BCUT2D eigenvalue weighted by Crippen LogP contribution is -2.32. The number of carbonyl (C=O) groups excluding carboxylic acids is 2. The van der Waals surface area contributed by atoms with Crippen LogP contribution in [0.5, 0.6) is 0 Å². The van der Waals surface area contributed by atoms with Crippen LogP contribution in [0.3, 0.4) is 0 Å². The number of nitrogens with one attached hydrogen (secondary N) is 2. The molecule has 0 radical (unpaired) electrons. The van der Waals surface area contributed by atoms with Gasteiger partial charge in [0.15, 0.2) is 6.61 Å². The average Bonchev–Trinajstić information content (AvgIpc) is 2.50. The minimum absolute atomic E-state index is 0.405. The number of aromatic amines is 1. The summed E-state index contributed by atoms with van der Waals surface area (Å²) in [5.41, 5.74) is -0.745. The number of hydrogen-bond donors (Lipinski definition) is 2. The van der Waals surface area contributed by atoms with Gasteiger partial charge in [-0.3, -0.25) is 23.9 Å². The van der Waals surface area contributed by atoms with Crippen molar-refractivity contribution >= 4 is 33.5 Å². The molecule has 1 amide bonds. The highest BCUT2D eigenvalue weighted by atomic mass is 79.9. The monoisotopic (exact) mass is 381 g/mol. The maximum Gasteiger partial charge on any atom is 0.328 e. The van der Waals surface area contributed by atoms with E-state index in [0.717, 1.165) is 10.6 Å². The molecule has 0 spiro atoms. The summed E-state index contributed by atoms with van der Waals surface area (Å²) >= 11 is 3.27. The molecular weight excluding hydrogens is 370 g/mol. The third kappa shape index (κ3) is 4.92. The van der Waals surface area contributed by atoms with Crippen molar-refractivity contribution < 1.29 is 14.3 Å². The molecule has 0 aliphatic carbocycles. The van der Waals surface area contributed by atoms with Crippen LogP contribution in [0.25, 0.3) is 0 Å². The van der Waals surface area contributed by atoms with E-state index in [9.17, 15) is 19.2 Å². The molecule has 2 aromatic rings. The van der Waals surface area contributed by atoms with Gasteiger partial charge in [0.05, 0.1) is 5.69 Å². The van der Waals surface area contributed by atoms with E-state index in [1.165, 1.54) is 6.20 Å². The number of rotatable bonds is 5. The molecule has 120 valence electrons. The van der Waals surface area contributed by atoms with Crippen LogP contribution < -0.4 is 16.6 Å². The van der Waals surface area contributed by atoms with Crippen molar-refractivity contribution in [2.75, 3.05) is 11.9 Å². The zero-order chi connectivity index (χ0) is 16.8. The molecule has 23 heavy (non-hydrogen) atoms. The van der Waals surface area contributed by atoms with E-state index in [4.69, 9.17) is 4.74 Å². The van der Waals surface area contributed by atoms with Crippen LogP contribution in [0, 0.1) is 0 Å². The standard InChI is InChI=1S/C14H12BrN3O5/c15-9-3-1-2-4-10(9)16-12(20)8-23-13(21)7-18-6-5-11(19)17-14(18)22/h1-6H,7-8H2,(H,16,20)(H,17,19,22). The first-order valence-corrected chi connectivity index (χ1v) is 7.25. The number of amides is 1. The highest BCUT2D eigenvalue weighted by molar-refractivity contribution is 9.10. The maximum atomic E-state index is 11.7. The number of nitrogens with zero attached hydrogens (tertiary/aromatic N) is 1. The molecule has 0 saturated heterocycles. The Morgan fingerprint density at radius 1 is 1.22 bits per heavy atom. The quantitative estimate of drug-likeness (QED) is 0.731. The number of H-pyrrole nitrogens is 1. The first-order chi connectivity index (χ1) is 11.0. The van der Waals surface area contributed by atoms with E-state index in [2.05, 4.69) is 21.2 Å². The molecule has 2 rings (SSSR count). The molecule has 8 nitrogen and oxygen atoms in total. The topological polar surface area (TPSA) is 110 Å². The summed E-state index contributed by atoms with van der Waals surface area (Å²) in [6.07, 6.45) is 1.17. The number of carbonyl (C=O) groups is 2. The number of hydrogen-bond acceptors (Lipinski definition) is 5. The van der Waals surface area contributed by atoms with E-state index in [1.807, 2.05) is 4.98 Å². The first-order valence-electron chi connectivity index (χ1n) is 6.45. The second-order valence-corrected chi connectivity index (χ2v) is 5.28. The van der Waals surface area contributed by atoms with E-state index in [0.29, 0.717) is 10.2 Å². The molecule has 0 atom stereocenters. The SMILES string of the molecule is O=C(COC(=O)Cn1ccc(=O)[nH]c1=O)Nc1ccccc1Br. The van der Waals surface area contributed by atoms with E-state index < -0.39 is 36.3 Å². The summed E-state index contributed by atoms with van der Waals surface area (Å²) in [5, 5.41) is 2.57. The van der Waals surface area contributed by atoms with Crippen LogP contribution in [0.15, 0.2) is 50.6 Å². The summed E-state index contributed by atoms with van der Waals surface area (Å²) in [6.45, 7) is -0.893. The second-order valence-electron chi connectivity index (χ2n) is 4.43. The zero-order valence-electron chi connectivity index (χ0n) is 11.7. The average molecular weight is 382 g/mol. The number of aromatic nitrogens is 2. The van der Waals surface area contributed by atoms with Crippen LogP contribution in [-0.2, 0) is 20.9 Å². The van der Waals surface area contributed by atoms with E-state index >= 15 is 0 Å². The summed E-state index contributed by atoms with van der Waals surface area (Å²) in [4.78, 5) is 47.6. The highest BCUT2D eigenvalue weighted by Crippen LogP contribution is 2.20. The largest absolute Gasteiger partial charge is 0.454 e. The Hall–Kier alpha value is -2.68.